The summed E-state index contributed by atoms with van der Waals surface area (Å²) in [6.45, 7) is 0.313. The Morgan fingerprint density at radius 3 is 2.90 bits per heavy atom. The van der Waals surface area contributed by atoms with Gasteiger partial charge in [-0.1, -0.05) is 41.9 Å². The average molecular weight is 442 g/mol. The van der Waals surface area contributed by atoms with Crippen LogP contribution in [-0.2, 0) is 11.3 Å². The highest BCUT2D eigenvalue weighted by Crippen LogP contribution is 2.28. The smallest absolute Gasteiger partial charge is 0.276 e. The Hall–Kier alpha value is -2.74. The van der Waals surface area contributed by atoms with E-state index in [-0.39, 0.29) is 5.91 Å². The fraction of sp³-hybridized carbons (Fsp3) is 0.0952. The molecule has 0 saturated carbocycles. The largest absolute Gasteiger partial charge is 0.497 e. The first-order chi connectivity index (χ1) is 14.0. The lowest BCUT2D eigenvalue weighted by molar-refractivity contribution is -0.122. The molecule has 2 aromatic carbocycles. The number of methoxy groups -OCH3 is 1. The van der Waals surface area contributed by atoms with Gasteiger partial charge in [-0.3, -0.25) is 9.69 Å². The van der Waals surface area contributed by atoms with E-state index in [1.165, 1.54) is 16.2 Å². The molecular formula is C21H16ClN3O2S2. The molecule has 1 N–H and O–H groups in total. The zero-order valence-corrected chi connectivity index (χ0v) is 17.8. The summed E-state index contributed by atoms with van der Waals surface area (Å²) in [6, 6.07) is 15.1. The minimum Gasteiger partial charge on any atom is -0.497 e. The Morgan fingerprint density at radius 2 is 2.10 bits per heavy atom. The van der Waals surface area contributed by atoms with Gasteiger partial charge in [0, 0.05) is 16.0 Å². The summed E-state index contributed by atoms with van der Waals surface area (Å²) in [5, 5.41) is 6.67. The summed E-state index contributed by atoms with van der Waals surface area (Å²) < 4.78 is 5.27. The molecule has 1 saturated heterocycles. The third-order valence-electron chi connectivity index (χ3n) is 4.38. The second kappa shape index (κ2) is 8.32. The van der Waals surface area contributed by atoms with E-state index in [0.29, 0.717) is 28.1 Å². The van der Waals surface area contributed by atoms with Crippen molar-refractivity contribution in [3.63, 3.8) is 0 Å². The molecular weight excluding hydrogens is 426 g/mol. The molecule has 1 amide bonds. The number of aromatic nitrogens is 1. The van der Waals surface area contributed by atoms with Gasteiger partial charge in [0.1, 0.15) is 16.5 Å². The molecule has 0 bridgehead atoms. The molecule has 0 atom stereocenters. The Morgan fingerprint density at radius 1 is 1.28 bits per heavy atom. The van der Waals surface area contributed by atoms with E-state index in [9.17, 15) is 4.79 Å². The van der Waals surface area contributed by atoms with Crippen LogP contribution in [0.25, 0.3) is 16.6 Å². The molecule has 0 spiro atoms. The second-order valence-corrected chi connectivity index (χ2v) is 7.93. The minimum absolute atomic E-state index is 0.203. The first-order valence-corrected chi connectivity index (χ1v) is 10.4. The fourth-order valence-electron chi connectivity index (χ4n) is 2.90. The molecule has 4 rings (SSSR count). The summed E-state index contributed by atoms with van der Waals surface area (Å²) in [6.07, 6.45) is 1.71. The number of halogens is 1. The lowest BCUT2D eigenvalue weighted by Gasteiger charge is -2.14. The molecule has 146 valence electrons. The number of nitrogens with zero attached hydrogens (tertiary/aromatic N) is 2. The van der Waals surface area contributed by atoms with Crippen molar-refractivity contribution in [1.29, 1.82) is 0 Å². The van der Waals surface area contributed by atoms with Gasteiger partial charge < -0.3 is 10.1 Å². The number of rotatable bonds is 5. The molecule has 0 unspecified atom stereocenters. The van der Waals surface area contributed by atoms with Crippen LogP contribution in [0.15, 0.2) is 59.6 Å². The predicted molar refractivity (Wildman–Crippen MR) is 120 cm³/mol. The van der Waals surface area contributed by atoms with Crippen LogP contribution in [-0.4, -0.2) is 28.0 Å². The van der Waals surface area contributed by atoms with Crippen LogP contribution in [0.2, 0.25) is 5.02 Å². The highest BCUT2D eigenvalue weighted by atomic mass is 35.5. The Labute approximate surface area is 182 Å². The monoisotopic (exact) mass is 441 g/mol. The van der Waals surface area contributed by atoms with Gasteiger partial charge in [-0.2, -0.15) is 0 Å². The van der Waals surface area contributed by atoms with E-state index >= 15 is 0 Å². The average Bonchev–Trinajstić information content (AvgIpc) is 3.30. The summed E-state index contributed by atoms with van der Waals surface area (Å²) in [7, 11) is 1.63. The van der Waals surface area contributed by atoms with Gasteiger partial charge in [0.05, 0.1) is 19.3 Å². The lowest BCUT2D eigenvalue weighted by Crippen LogP contribution is -2.30. The Balaban J connectivity index is 1.55. The highest BCUT2D eigenvalue weighted by Gasteiger charge is 2.31. The normalized spacial score (nSPS) is 15.1. The van der Waals surface area contributed by atoms with Gasteiger partial charge >= 0.3 is 0 Å². The number of thiocarbonyl (C=S) groups is 1. The van der Waals surface area contributed by atoms with Crippen molar-refractivity contribution < 1.29 is 9.53 Å². The SMILES string of the molecule is COc1cccc(-c2nc(/C=C3/NC(=S)N(Cc4ccccc4Cl)C3=O)cs2)c1. The van der Waals surface area contributed by atoms with Crippen LogP contribution < -0.4 is 10.1 Å². The van der Waals surface area contributed by atoms with Crippen molar-refractivity contribution in [3.05, 3.63) is 75.9 Å². The van der Waals surface area contributed by atoms with Gasteiger partial charge in [-0.15, -0.1) is 11.3 Å². The molecule has 2 heterocycles. The third kappa shape index (κ3) is 4.17. The fourth-order valence-corrected chi connectivity index (χ4v) is 4.13. The number of carbonyl (C=O) groups is 1. The summed E-state index contributed by atoms with van der Waals surface area (Å²) in [4.78, 5) is 18.9. The number of amides is 1. The number of ether oxygens (including phenoxy) is 1. The molecule has 29 heavy (non-hydrogen) atoms. The van der Waals surface area contributed by atoms with Crippen molar-refractivity contribution in [2.75, 3.05) is 7.11 Å². The Bertz CT molecular complexity index is 1130. The second-order valence-electron chi connectivity index (χ2n) is 6.28. The van der Waals surface area contributed by atoms with Gasteiger partial charge in [0.25, 0.3) is 5.91 Å². The molecule has 0 radical (unpaired) electrons. The Kier molecular flexibility index (Phi) is 5.62. The molecule has 1 aliphatic heterocycles. The summed E-state index contributed by atoms with van der Waals surface area (Å²) >= 11 is 13.1. The van der Waals surface area contributed by atoms with E-state index in [4.69, 9.17) is 28.6 Å². The predicted octanol–water partition coefficient (Wildman–Crippen LogP) is 4.73. The standard InChI is InChI=1S/C21H16ClN3O2S2/c1-27-16-7-4-6-13(9-16)19-23-15(12-29-19)10-18-20(26)25(21(28)24-18)11-14-5-2-3-8-17(14)22/h2-10,12H,11H2,1H3,(H,24,28)/b18-10+. The summed E-state index contributed by atoms with van der Waals surface area (Å²) in [5.41, 5.74) is 2.87. The van der Waals surface area contributed by atoms with Crippen molar-refractivity contribution in [1.82, 2.24) is 15.2 Å². The van der Waals surface area contributed by atoms with E-state index in [2.05, 4.69) is 10.3 Å². The number of hydrogen-bond acceptors (Lipinski definition) is 5. The van der Waals surface area contributed by atoms with Gasteiger partial charge in [0.2, 0.25) is 0 Å². The molecule has 5 nitrogen and oxygen atoms in total. The topological polar surface area (TPSA) is 54.5 Å². The zero-order chi connectivity index (χ0) is 20.4. The van der Waals surface area contributed by atoms with Crippen LogP contribution in [0.3, 0.4) is 0 Å². The highest BCUT2D eigenvalue weighted by molar-refractivity contribution is 7.80. The molecule has 0 aliphatic carbocycles. The molecule has 1 aliphatic rings. The van der Waals surface area contributed by atoms with Crippen molar-refractivity contribution >= 4 is 52.3 Å². The van der Waals surface area contributed by atoms with Crippen LogP contribution in [0.5, 0.6) is 5.75 Å². The maximum atomic E-state index is 12.8. The van der Waals surface area contributed by atoms with Crippen molar-refractivity contribution in [3.8, 4) is 16.3 Å². The van der Waals surface area contributed by atoms with Crippen LogP contribution in [0.1, 0.15) is 11.3 Å². The van der Waals surface area contributed by atoms with Gasteiger partial charge in [-0.05, 0) is 42.1 Å². The van der Waals surface area contributed by atoms with Crippen molar-refractivity contribution in [2.24, 2.45) is 0 Å². The summed E-state index contributed by atoms with van der Waals surface area (Å²) in [5.74, 6) is 0.566. The molecule has 8 heteroatoms. The lowest BCUT2D eigenvalue weighted by atomic mass is 10.2. The number of thiazole rings is 1. The number of benzene rings is 2. The van der Waals surface area contributed by atoms with E-state index in [1.54, 1.807) is 19.3 Å². The number of nitrogens with one attached hydrogen (secondary N) is 1. The third-order valence-corrected chi connectivity index (χ3v) is 5.98. The first-order valence-electron chi connectivity index (χ1n) is 8.73. The van der Waals surface area contributed by atoms with Crippen LogP contribution in [0, 0.1) is 0 Å². The minimum atomic E-state index is -0.203. The number of carbonyl (C=O) groups excluding carboxylic acids is 1. The maximum absolute atomic E-state index is 12.8. The van der Waals surface area contributed by atoms with Crippen molar-refractivity contribution in [2.45, 2.75) is 6.54 Å². The van der Waals surface area contributed by atoms with Crippen LogP contribution >= 0.6 is 35.2 Å². The van der Waals surface area contributed by atoms with E-state index in [1.807, 2.05) is 47.8 Å². The quantitative estimate of drug-likeness (QED) is 0.458. The van der Waals surface area contributed by atoms with E-state index in [0.717, 1.165) is 21.9 Å². The van der Waals surface area contributed by atoms with Crippen LogP contribution in [0.4, 0.5) is 0 Å². The maximum Gasteiger partial charge on any atom is 0.276 e. The van der Waals surface area contributed by atoms with E-state index < -0.39 is 0 Å². The molecule has 1 fully saturated rings. The first kappa shape index (κ1) is 19.6. The molecule has 1 aromatic heterocycles. The molecule has 3 aromatic rings. The zero-order valence-electron chi connectivity index (χ0n) is 15.4. The number of hydrogen-bond donors (Lipinski definition) is 1. The van der Waals surface area contributed by atoms with Gasteiger partial charge in [0.15, 0.2) is 5.11 Å². The van der Waals surface area contributed by atoms with Gasteiger partial charge in [-0.25, -0.2) is 4.98 Å².